The van der Waals surface area contributed by atoms with E-state index in [9.17, 15) is 22.8 Å². The van der Waals surface area contributed by atoms with Crippen molar-refractivity contribution in [2.75, 3.05) is 19.8 Å². The van der Waals surface area contributed by atoms with E-state index in [4.69, 9.17) is 14.2 Å². The van der Waals surface area contributed by atoms with Crippen LogP contribution in [0, 0.1) is 0 Å². The molecule has 10 heteroatoms. The van der Waals surface area contributed by atoms with Crippen molar-refractivity contribution in [3.8, 4) is 0 Å². The van der Waals surface area contributed by atoms with Gasteiger partial charge in [-0.1, -0.05) is 28.1 Å². The van der Waals surface area contributed by atoms with Crippen LogP contribution in [0.15, 0.2) is 58.0 Å². The zero-order valence-electron chi connectivity index (χ0n) is 16.2. The van der Waals surface area contributed by atoms with Crippen molar-refractivity contribution >= 4 is 33.8 Å². The van der Waals surface area contributed by atoms with Crippen LogP contribution < -0.4 is 0 Å². The quantitative estimate of drug-likeness (QED) is 0.550. The molecule has 1 aliphatic heterocycles. The molecule has 0 radical (unpaired) electrons. The van der Waals surface area contributed by atoms with Gasteiger partial charge in [0, 0.05) is 10.0 Å². The lowest BCUT2D eigenvalue weighted by Crippen LogP contribution is -2.45. The minimum atomic E-state index is -4.74. The van der Waals surface area contributed by atoms with Crippen molar-refractivity contribution in [3.05, 3.63) is 69.7 Å². The second kappa shape index (κ2) is 9.09. The Kier molecular flexibility index (Phi) is 6.68. The van der Waals surface area contributed by atoms with Crippen molar-refractivity contribution in [2.45, 2.75) is 18.6 Å². The fourth-order valence-corrected chi connectivity index (χ4v) is 3.13. The van der Waals surface area contributed by atoms with Gasteiger partial charge in [-0.3, -0.25) is 0 Å². The van der Waals surface area contributed by atoms with Crippen LogP contribution in [-0.2, 0) is 25.2 Å². The number of carbonyl (C=O) groups excluding carboxylic acids is 2. The van der Waals surface area contributed by atoms with Gasteiger partial charge >= 0.3 is 18.1 Å². The summed E-state index contributed by atoms with van der Waals surface area (Å²) in [4.78, 5) is 29.3. The zero-order chi connectivity index (χ0) is 22.6. The summed E-state index contributed by atoms with van der Waals surface area (Å²) in [5.74, 6) is -1.91. The molecule has 0 aliphatic carbocycles. The third-order valence-corrected chi connectivity index (χ3v) is 4.93. The highest BCUT2D eigenvalue weighted by Crippen LogP contribution is 2.32. The van der Waals surface area contributed by atoms with E-state index in [1.54, 1.807) is 31.2 Å². The van der Waals surface area contributed by atoms with Crippen LogP contribution in [0.4, 0.5) is 13.2 Å². The van der Waals surface area contributed by atoms with Gasteiger partial charge in [0.25, 0.3) is 0 Å². The Morgan fingerprint density at radius 3 is 2.45 bits per heavy atom. The first-order valence-corrected chi connectivity index (χ1v) is 9.95. The topological polar surface area (TPSA) is 74.2 Å². The molecular weight excluding hydrogens is 483 g/mol. The molecule has 0 saturated carbocycles. The highest BCUT2D eigenvalue weighted by Gasteiger charge is 2.48. The molecule has 0 N–H and O–H groups in total. The number of nitrogens with zero attached hydrogens (tertiary/aromatic N) is 1. The number of halogens is 4. The predicted molar refractivity (Wildman–Crippen MR) is 108 cm³/mol. The van der Waals surface area contributed by atoms with Crippen LogP contribution >= 0.6 is 15.9 Å². The molecule has 1 aliphatic rings. The summed E-state index contributed by atoms with van der Waals surface area (Å²) >= 11 is 3.31. The van der Waals surface area contributed by atoms with Gasteiger partial charge in [-0.2, -0.15) is 13.2 Å². The molecule has 0 spiro atoms. The Hall–Kier alpha value is -2.88. The summed E-state index contributed by atoms with van der Waals surface area (Å²) < 4.78 is 56.1. The zero-order valence-corrected chi connectivity index (χ0v) is 17.8. The van der Waals surface area contributed by atoms with Gasteiger partial charge in [-0.05, 0) is 43.3 Å². The third-order valence-electron chi connectivity index (χ3n) is 4.40. The maximum atomic E-state index is 13.2. The summed E-state index contributed by atoms with van der Waals surface area (Å²) in [6.07, 6.45) is -4.74. The van der Waals surface area contributed by atoms with Crippen LogP contribution in [0.3, 0.4) is 0 Å². The van der Waals surface area contributed by atoms with Crippen molar-refractivity contribution in [2.24, 2.45) is 4.99 Å². The molecule has 0 amide bonds. The lowest BCUT2D eigenvalue weighted by atomic mass is 10.0. The van der Waals surface area contributed by atoms with Crippen molar-refractivity contribution in [1.82, 2.24) is 0 Å². The van der Waals surface area contributed by atoms with E-state index in [0.717, 1.165) is 16.6 Å². The smallest absolute Gasteiger partial charge is 0.417 e. The number of ether oxygens (including phenoxy) is 3. The van der Waals surface area contributed by atoms with Gasteiger partial charge in [0.2, 0.25) is 11.4 Å². The SMILES string of the molecule is CCOC(=O)[C@]1(COC(=O)c2ccccc2C(F)(F)F)COC(c2ccc(Br)cc2)=N1. The Morgan fingerprint density at radius 1 is 1.13 bits per heavy atom. The van der Waals surface area contributed by atoms with E-state index < -0.39 is 41.4 Å². The first-order valence-electron chi connectivity index (χ1n) is 9.15. The predicted octanol–water partition coefficient (Wildman–Crippen LogP) is 4.40. The maximum Gasteiger partial charge on any atom is 0.417 e. The number of rotatable bonds is 6. The van der Waals surface area contributed by atoms with Crippen LogP contribution in [-0.4, -0.2) is 43.2 Å². The van der Waals surface area contributed by atoms with Crippen molar-refractivity contribution < 1.29 is 37.0 Å². The average molecular weight is 500 g/mol. The minimum absolute atomic E-state index is 0.0363. The normalized spacial score (nSPS) is 18.2. The number of aliphatic imine (C=N–C) groups is 1. The summed E-state index contributed by atoms with van der Waals surface area (Å²) in [6.45, 7) is 0.698. The van der Waals surface area contributed by atoms with Crippen molar-refractivity contribution in [3.63, 3.8) is 0 Å². The molecule has 0 saturated heterocycles. The molecule has 2 aromatic rings. The first kappa shape index (κ1) is 22.8. The Bertz CT molecular complexity index is 1010. The van der Waals surface area contributed by atoms with E-state index in [1.807, 2.05) is 0 Å². The number of hydrogen-bond acceptors (Lipinski definition) is 6. The molecule has 3 rings (SSSR count). The number of benzene rings is 2. The van der Waals surface area contributed by atoms with Gasteiger partial charge in [0.1, 0.15) is 13.2 Å². The van der Waals surface area contributed by atoms with Crippen molar-refractivity contribution in [1.29, 1.82) is 0 Å². The second-order valence-electron chi connectivity index (χ2n) is 6.58. The van der Waals surface area contributed by atoms with E-state index >= 15 is 0 Å². The van der Waals surface area contributed by atoms with Gasteiger partial charge in [-0.25, -0.2) is 14.6 Å². The Labute approximate surface area is 184 Å². The van der Waals surface area contributed by atoms with Crippen LogP contribution in [0.1, 0.15) is 28.4 Å². The van der Waals surface area contributed by atoms with E-state index in [0.29, 0.717) is 5.56 Å². The molecule has 0 aromatic heterocycles. The highest BCUT2D eigenvalue weighted by atomic mass is 79.9. The molecule has 0 unspecified atom stereocenters. The number of esters is 2. The molecule has 6 nitrogen and oxygen atoms in total. The summed E-state index contributed by atoms with van der Waals surface area (Å²) in [5, 5.41) is 0. The summed E-state index contributed by atoms with van der Waals surface area (Å²) in [6, 6.07) is 11.1. The fraction of sp³-hybridized carbons (Fsp3) is 0.286. The van der Waals surface area contributed by atoms with E-state index in [1.165, 1.54) is 12.1 Å². The first-order chi connectivity index (χ1) is 14.7. The average Bonchev–Trinajstić information content (AvgIpc) is 3.18. The second-order valence-corrected chi connectivity index (χ2v) is 7.50. The number of hydrogen-bond donors (Lipinski definition) is 0. The molecule has 31 heavy (non-hydrogen) atoms. The maximum absolute atomic E-state index is 13.2. The Balaban J connectivity index is 1.86. The van der Waals surface area contributed by atoms with Crippen LogP contribution in [0.25, 0.3) is 0 Å². The number of carbonyl (C=O) groups is 2. The lowest BCUT2D eigenvalue weighted by Gasteiger charge is -2.21. The molecule has 1 heterocycles. The number of alkyl halides is 3. The standard InChI is InChI=1S/C21H17BrF3NO5/c1-2-29-19(28)20(11-30-17(26-20)13-7-9-14(22)10-8-13)12-31-18(27)15-5-3-4-6-16(15)21(23,24)25/h3-10H,2,11-12H2,1H3/t20-/m1/s1. The minimum Gasteiger partial charge on any atom is -0.474 e. The molecule has 2 aromatic carbocycles. The molecule has 1 atom stereocenters. The van der Waals surface area contributed by atoms with E-state index in [-0.39, 0.29) is 19.1 Å². The molecule has 164 valence electrons. The highest BCUT2D eigenvalue weighted by molar-refractivity contribution is 9.10. The molecule has 0 fully saturated rings. The summed E-state index contributed by atoms with van der Waals surface area (Å²) in [5.41, 5.74) is -2.94. The largest absolute Gasteiger partial charge is 0.474 e. The van der Waals surface area contributed by atoms with Gasteiger partial charge in [0.05, 0.1) is 17.7 Å². The molecular formula is C21H17BrF3NO5. The van der Waals surface area contributed by atoms with Gasteiger partial charge < -0.3 is 14.2 Å². The van der Waals surface area contributed by atoms with E-state index in [2.05, 4.69) is 20.9 Å². The Morgan fingerprint density at radius 2 is 1.81 bits per heavy atom. The lowest BCUT2D eigenvalue weighted by molar-refractivity contribution is -0.151. The van der Waals surface area contributed by atoms with Gasteiger partial charge in [-0.15, -0.1) is 0 Å². The van der Waals surface area contributed by atoms with Gasteiger partial charge in [0.15, 0.2) is 0 Å². The van der Waals surface area contributed by atoms with Crippen LogP contribution in [0.5, 0.6) is 0 Å². The van der Waals surface area contributed by atoms with Crippen LogP contribution in [0.2, 0.25) is 0 Å². The monoisotopic (exact) mass is 499 g/mol. The third kappa shape index (κ3) is 5.07. The molecule has 0 bridgehead atoms. The summed E-state index contributed by atoms with van der Waals surface area (Å²) in [7, 11) is 0. The fourth-order valence-electron chi connectivity index (χ4n) is 2.86.